The van der Waals surface area contributed by atoms with Gasteiger partial charge < -0.3 is 4.42 Å². The lowest BCUT2D eigenvalue weighted by atomic mass is 9.91. The second-order valence-corrected chi connectivity index (χ2v) is 3.74. The molecule has 0 spiro atoms. The van der Waals surface area contributed by atoms with Crippen molar-refractivity contribution in [3.63, 3.8) is 0 Å². The first kappa shape index (κ1) is 7.80. The van der Waals surface area contributed by atoms with Crippen molar-refractivity contribution in [2.75, 3.05) is 0 Å². The van der Waals surface area contributed by atoms with E-state index in [-0.39, 0.29) is 5.63 Å². The number of hydrogen-bond donors (Lipinski definition) is 0. The van der Waals surface area contributed by atoms with E-state index in [1.807, 2.05) is 12.1 Å². The number of aryl methyl sites for hydroxylation is 2. The van der Waals surface area contributed by atoms with Crippen LogP contribution in [-0.2, 0) is 12.8 Å². The number of benzene rings is 1. The van der Waals surface area contributed by atoms with Crippen LogP contribution in [0.2, 0.25) is 0 Å². The van der Waals surface area contributed by atoms with Crippen molar-refractivity contribution in [3.8, 4) is 0 Å². The molecule has 1 aliphatic rings. The Morgan fingerprint density at radius 3 is 2.93 bits per heavy atom. The van der Waals surface area contributed by atoms with Crippen LogP contribution in [0, 0.1) is 0 Å². The van der Waals surface area contributed by atoms with Gasteiger partial charge in [0.15, 0.2) is 0 Å². The zero-order valence-electron chi connectivity index (χ0n) is 7.75. The lowest BCUT2D eigenvalue weighted by Crippen LogP contribution is -2.07. The van der Waals surface area contributed by atoms with E-state index in [4.69, 9.17) is 4.42 Å². The lowest BCUT2D eigenvalue weighted by molar-refractivity contribution is 0.510. The van der Waals surface area contributed by atoms with Crippen LogP contribution in [0.4, 0.5) is 0 Å². The normalized spacial score (nSPS) is 14.6. The van der Waals surface area contributed by atoms with E-state index in [0.717, 1.165) is 30.0 Å². The molecule has 0 fully saturated rings. The Bertz CT molecular complexity index is 541. The Kier molecular flexibility index (Phi) is 1.51. The summed E-state index contributed by atoms with van der Waals surface area (Å²) in [7, 11) is 0. The number of hydrogen-bond acceptors (Lipinski definition) is 2. The van der Waals surface area contributed by atoms with Gasteiger partial charge in [0.05, 0.1) is 11.6 Å². The van der Waals surface area contributed by atoms with Gasteiger partial charge in [-0.15, -0.1) is 0 Å². The third-order valence-electron chi connectivity index (χ3n) is 2.89. The van der Waals surface area contributed by atoms with E-state index in [1.165, 1.54) is 11.1 Å². The smallest absolute Gasteiger partial charge is 0.343 e. The maximum atomic E-state index is 11.5. The molecule has 0 N–H and O–H groups in total. The van der Waals surface area contributed by atoms with E-state index < -0.39 is 0 Å². The van der Waals surface area contributed by atoms with Crippen LogP contribution in [0.5, 0.6) is 0 Å². The molecule has 0 saturated carbocycles. The third-order valence-corrected chi connectivity index (χ3v) is 2.89. The topological polar surface area (TPSA) is 30.2 Å². The van der Waals surface area contributed by atoms with Crippen molar-refractivity contribution >= 4 is 10.8 Å². The molecule has 14 heavy (non-hydrogen) atoms. The minimum Gasteiger partial charge on any atom is -0.431 e. The maximum absolute atomic E-state index is 11.5. The summed E-state index contributed by atoms with van der Waals surface area (Å²) in [6.07, 6.45) is 4.87. The highest BCUT2D eigenvalue weighted by atomic mass is 16.4. The molecule has 0 amide bonds. The van der Waals surface area contributed by atoms with Crippen LogP contribution in [0.25, 0.3) is 10.8 Å². The summed E-state index contributed by atoms with van der Waals surface area (Å²) in [5.74, 6) is 0. The Balaban J connectivity index is 2.57. The van der Waals surface area contributed by atoms with Crippen molar-refractivity contribution < 1.29 is 4.42 Å². The van der Waals surface area contributed by atoms with Gasteiger partial charge in [-0.2, -0.15) is 0 Å². The molecule has 70 valence electrons. The van der Waals surface area contributed by atoms with Gasteiger partial charge in [-0.05, 0) is 41.8 Å². The SMILES string of the molecule is O=c1occ2c3c(cccc13)CCC2. The average molecular weight is 186 g/mol. The van der Waals surface area contributed by atoms with Gasteiger partial charge in [-0.25, -0.2) is 4.79 Å². The predicted molar refractivity (Wildman–Crippen MR) is 54.5 cm³/mol. The summed E-state index contributed by atoms with van der Waals surface area (Å²) in [4.78, 5) is 11.5. The van der Waals surface area contributed by atoms with Gasteiger partial charge in [0.2, 0.25) is 0 Å². The molecule has 1 aromatic carbocycles. The largest absolute Gasteiger partial charge is 0.431 e. The van der Waals surface area contributed by atoms with Crippen molar-refractivity contribution in [1.29, 1.82) is 0 Å². The molecule has 2 aromatic rings. The molecular formula is C12H10O2. The molecule has 2 heteroatoms. The highest BCUT2D eigenvalue weighted by Crippen LogP contribution is 2.27. The minimum absolute atomic E-state index is 0.215. The molecule has 3 rings (SSSR count). The molecule has 0 bridgehead atoms. The first-order valence-corrected chi connectivity index (χ1v) is 4.88. The van der Waals surface area contributed by atoms with Gasteiger partial charge in [-0.3, -0.25) is 0 Å². The average Bonchev–Trinajstić information content (AvgIpc) is 2.24. The fourth-order valence-electron chi connectivity index (χ4n) is 2.26. The van der Waals surface area contributed by atoms with Crippen molar-refractivity contribution in [2.45, 2.75) is 19.3 Å². The van der Waals surface area contributed by atoms with Crippen LogP contribution >= 0.6 is 0 Å². The van der Waals surface area contributed by atoms with Crippen molar-refractivity contribution in [3.05, 3.63) is 46.0 Å². The Morgan fingerprint density at radius 1 is 1.14 bits per heavy atom. The third kappa shape index (κ3) is 0.939. The standard InChI is InChI=1S/C12H10O2/c13-12-10-6-2-4-8-3-1-5-9(7-14-12)11(8)10/h2,4,6-7H,1,3,5H2. The molecule has 0 unspecified atom stereocenters. The minimum atomic E-state index is -0.215. The van der Waals surface area contributed by atoms with Crippen molar-refractivity contribution in [1.82, 2.24) is 0 Å². The Morgan fingerprint density at radius 2 is 2.00 bits per heavy atom. The Hall–Kier alpha value is -1.57. The molecule has 0 saturated heterocycles. The summed E-state index contributed by atoms with van der Waals surface area (Å²) in [5, 5.41) is 1.87. The molecule has 0 atom stereocenters. The summed E-state index contributed by atoms with van der Waals surface area (Å²) in [6.45, 7) is 0. The quantitative estimate of drug-likeness (QED) is 0.631. The molecule has 0 aliphatic heterocycles. The van der Waals surface area contributed by atoms with Crippen LogP contribution in [0.3, 0.4) is 0 Å². The molecular weight excluding hydrogens is 176 g/mol. The van der Waals surface area contributed by atoms with Crippen LogP contribution in [-0.4, -0.2) is 0 Å². The number of rotatable bonds is 0. The molecule has 1 aromatic heterocycles. The van der Waals surface area contributed by atoms with Gasteiger partial charge >= 0.3 is 5.63 Å². The van der Waals surface area contributed by atoms with Gasteiger partial charge in [0, 0.05) is 0 Å². The summed E-state index contributed by atoms with van der Waals surface area (Å²) in [5.41, 5.74) is 2.26. The monoisotopic (exact) mass is 186 g/mol. The van der Waals surface area contributed by atoms with Crippen LogP contribution in [0.1, 0.15) is 17.5 Å². The van der Waals surface area contributed by atoms with Crippen molar-refractivity contribution in [2.24, 2.45) is 0 Å². The van der Waals surface area contributed by atoms with E-state index >= 15 is 0 Å². The first-order chi connectivity index (χ1) is 6.86. The summed E-state index contributed by atoms with van der Waals surface area (Å²) in [6, 6.07) is 5.88. The molecule has 1 heterocycles. The second-order valence-electron chi connectivity index (χ2n) is 3.74. The van der Waals surface area contributed by atoms with E-state index in [0.29, 0.717) is 0 Å². The van der Waals surface area contributed by atoms with E-state index in [2.05, 4.69) is 6.07 Å². The zero-order valence-corrected chi connectivity index (χ0v) is 7.75. The van der Waals surface area contributed by atoms with Gasteiger partial charge in [0.25, 0.3) is 0 Å². The highest BCUT2D eigenvalue weighted by Gasteiger charge is 2.14. The maximum Gasteiger partial charge on any atom is 0.343 e. The fourth-order valence-corrected chi connectivity index (χ4v) is 2.26. The molecule has 1 aliphatic carbocycles. The predicted octanol–water partition coefficient (Wildman–Crippen LogP) is 2.28. The molecule has 2 nitrogen and oxygen atoms in total. The van der Waals surface area contributed by atoms with Crippen LogP contribution < -0.4 is 5.63 Å². The van der Waals surface area contributed by atoms with E-state index in [9.17, 15) is 4.79 Å². The molecule has 0 radical (unpaired) electrons. The van der Waals surface area contributed by atoms with Crippen LogP contribution in [0.15, 0.2) is 33.7 Å². The first-order valence-electron chi connectivity index (χ1n) is 4.88. The lowest BCUT2D eigenvalue weighted by Gasteiger charge is -2.14. The fraction of sp³-hybridized carbons (Fsp3) is 0.250. The summed E-state index contributed by atoms with van der Waals surface area (Å²) < 4.78 is 5.00. The van der Waals surface area contributed by atoms with E-state index in [1.54, 1.807) is 6.26 Å². The van der Waals surface area contributed by atoms with Gasteiger partial charge in [-0.1, -0.05) is 12.1 Å². The highest BCUT2D eigenvalue weighted by molar-refractivity contribution is 5.88. The second kappa shape index (κ2) is 2.71. The Labute approximate surface area is 81.2 Å². The summed E-state index contributed by atoms with van der Waals surface area (Å²) >= 11 is 0. The zero-order chi connectivity index (χ0) is 9.54. The van der Waals surface area contributed by atoms with Gasteiger partial charge in [0.1, 0.15) is 0 Å².